The summed E-state index contributed by atoms with van der Waals surface area (Å²) in [7, 11) is 0. The number of halogens is 1. The van der Waals surface area contributed by atoms with Gasteiger partial charge in [-0.2, -0.15) is 0 Å². The van der Waals surface area contributed by atoms with E-state index in [4.69, 9.17) is 4.74 Å². The van der Waals surface area contributed by atoms with Crippen LogP contribution in [-0.2, 0) is 14.9 Å². The normalized spacial score (nSPS) is 15.7. The van der Waals surface area contributed by atoms with E-state index < -0.39 is 5.41 Å². The first kappa shape index (κ1) is 17.2. The van der Waals surface area contributed by atoms with E-state index in [2.05, 4.69) is 17.2 Å². The van der Waals surface area contributed by atoms with Gasteiger partial charge in [0.2, 0.25) is 5.91 Å². The number of hydrogen-bond donors (Lipinski definition) is 1. The van der Waals surface area contributed by atoms with Crippen molar-refractivity contribution in [3.8, 4) is 11.8 Å². The van der Waals surface area contributed by atoms with Crippen LogP contribution in [0.25, 0.3) is 0 Å². The largest absolute Gasteiger partial charge is 0.381 e. The molecule has 1 aliphatic heterocycles. The van der Waals surface area contributed by atoms with Crippen molar-refractivity contribution in [1.29, 1.82) is 0 Å². The highest BCUT2D eigenvalue weighted by Gasteiger charge is 2.41. The Bertz CT molecular complexity index is 769. The number of amides is 1. The molecule has 1 heterocycles. The van der Waals surface area contributed by atoms with Gasteiger partial charge >= 0.3 is 0 Å². The molecule has 4 heteroatoms. The monoisotopic (exact) mass is 337 g/mol. The highest BCUT2D eigenvalue weighted by atomic mass is 19.1. The van der Waals surface area contributed by atoms with Crippen molar-refractivity contribution in [2.75, 3.05) is 19.8 Å². The third kappa shape index (κ3) is 4.07. The molecule has 1 N–H and O–H groups in total. The minimum atomic E-state index is -0.558. The smallest absolute Gasteiger partial charge is 0.231 e. The Morgan fingerprint density at radius 2 is 1.76 bits per heavy atom. The zero-order valence-electron chi connectivity index (χ0n) is 13.9. The summed E-state index contributed by atoms with van der Waals surface area (Å²) in [6, 6.07) is 15.8. The van der Waals surface area contributed by atoms with E-state index in [9.17, 15) is 9.18 Å². The molecule has 0 unspecified atom stereocenters. The average Bonchev–Trinajstić information content (AvgIpc) is 2.67. The maximum atomic E-state index is 12.9. The van der Waals surface area contributed by atoms with E-state index in [1.807, 2.05) is 30.3 Å². The molecule has 0 bridgehead atoms. The maximum Gasteiger partial charge on any atom is 0.231 e. The quantitative estimate of drug-likeness (QED) is 0.875. The Kier molecular flexibility index (Phi) is 5.47. The zero-order valence-corrected chi connectivity index (χ0v) is 13.9. The SMILES string of the molecule is O=C(NCC#Cc1ccc(F)cc1)C1(c2ccccc2)CCOCC1. The highest BCUT2D eigenvalue weighted by Crippen LogP contribution is 2.34. The van der Waals surface area contributed by atoms with Crippen LogP contribution in [0.5, 0.6) is 0 Å². The second-order valence-electron chi connectivity index (χ2n) is 6.05. The standard InChI is InChI=1S/C21H20FNO2/c22-19-10-8-17(9-11-19)5-4-14-23-20(24)21(12-15-25-16-13-21)18-6-2-1-3-7-18/h1-3,6-11H,12-16H2,(H,23,24). The lowest BCUT2D eigenvalue weighted by molar-refractivity contribution is -0.130. The van der Waals surface area contributed by atoms with Crippen molar-refractivity contribution in [3.05, 3.63) is 71.5 Å². The molecule has 3 rings (SSSR count). The molecule has 1 saturated heterocycles. The summed E-state index contributed by atoms with van der Waals surface area (Å²) in [6.45, 7) is 1.40. The van der Waals surface area contributed by atoms with Crippen LogP contribution in [0, 0.1) is 17.7 Å². The lowest BCUT2D eigenvalue weighted by Crippen LogP contribution is -2.48. The van der Waals surface area contributed by atoms with Gasteiger partial charge in [0.05, 0.1) is 12.0 Å². The molecule has 0 atom stereocenters. The fourth-order valence-corrected chi connectivity index (χ4v) is 3.10. The molecule has 1 fully saturated rings. The van der Waals surface area contributed by atoms with Gasteiger partial charge in [-0.3, -0.25) is 4.79 Å². The van der Waals surface area contributed by atoms with Crippen LogP contribution < -0.4 is 5.32 Å². The summed E-state index contributed by atoms with van der Waals surface area (Å²) in [5, 5.41) is 2.93. The van der Waals surface area contributed by atoms with Gasteiger partial charge in [-0.15, -0.1) is 0 Å². The summed E-state index contributed by atoms with van der Waals surface area (Å²) in [6.07, 6.45) is 1.32. The lowest BCUT2D eigenvalue weighted by atomic mass is 9.73. The van der Waals surface area contributed by atoms with Gasteiger partial charge in [-0.05, 0) is 42.7 Å². The van der Waals surface area contributed by atoms with Crippen molar-refractivity contribution in [3.63, 3.8) is 0 Å². The second kappa shape index (κ2) is 7.96. The third-order valence-corrected chi connectivity index (χ3v) is 4.52. The summed E-state index contributed by atoms with van der Waals surface area (Å²) >= 11 is 0. The maximum absolute atomic E-state index is 12.9. The van der Waals surface area contributed by atoms with Crippen LogP contribution in [0.4, 0.5) is 4.39 Å². The van der Waals surface area contributed by atoms with E-state index in [0.717, 1.165) is 11.1 Å². The number of nitrogens with one attached hydrogen (secondary N) is 1. The molecule has 3 nitrogen and oxygen atoms in total. The van der Waals surface area contributed by atoms with Gasteiger partial charge in [0, 0.05) is 18.8 Å². The van der Waals surface area contributed by atoms with Crippen molar-refractivity contribution in [1.82, 2.24) is 5.32 Å². The van der Waals surface area contributed by atoms with E-state index in [1.54, 1.807) is 12.1 Å². The molecule has 1 amide bonds. The van der Waals surface area contributed by atoms with Crippen LogP contribution in [0.3, 0.4) is 0 Å². The molecular formula is C21H20FNO2. The van der Waals surface area contributed by atoms with Gasteiger partial charge in [0.15, 0.2) is 0 Å². The molecule has 0 spiro atoms. The van der Waals surface area contributed by atoms with Gasteiger partial charge in [0.25, 0.3) is 0 Å². The van der Waals surface area contributed by atoms with Crippen LogP contribution in [-0.4, -0.2) is 25.7 Å². The number of hydrogen-bond acceptors (Lipinski definition) is 2. The number of benzene rings is 2. The van der Waals surface area contributed by atoms with Crippen LogP contribution in [0.2, 0.25) is 0 Å². The molecule has 0 aromatic heterocycles. The topological polar surface area (TPSA) is 38.3 Å². The summed E-state index contributed by atoms with van der Waals surface area (Å²) in [5.41, 5.74) is 1.18. The van der Waals surface area contributed by atoms with Crippen LogP contribution in [0.1, 0.15) is 24.0 Å². The van der Waals surface area contributed by atoms with Gasteiger partial charge in [-0.1, -0.05) is 42.2 Å². The van der Waals surface area contributed by atoms with E-state index >= 15 is 0 Å². The molecular weight excluding hydrogens is 317 g/mol. The van der Waals surface area contributed by atoms with Gasteiger partial charge < -0.3 is 10.1 Å². The Labute approximate surface area is 147 Å². The minimum Gasteiger partial charge on any atom is -0.381 e. The van der Waals surface area contributed by atoms with E-state index in [-0.39, 0.29) is 18.3 Å². The Hall–Kier alpha value is -2.64. The predicted octanol–water partition coefficient (Wildman–Crippen LogP) is 3.04. The molecule has 0 aliphatic carbocycles. The van der Waals surface area contributed by atoms with E-state index in [0.29, 0.717) is 26.1 Å². The van der Waals surface area contributed by atoms with Crippen molar-refractivity contribution < 1.29 is 13.9 Å². The summed E-state index contributed by atoms with van der Waals surface area (Å²) in [4.78, 5) is 12.9. The molecule has 1 aliphatic rings. The second-order valence-corrected chi connectivity index (χ2v) is 6.05. The first-order chi connectivity index (χ1) is 12.2. The molecule has 25 heavy (non-hydrogen) atoms. The summed E-state index contributed by atoms with van der Waals surface area (Å²) < 4.78 is 18.3. The Morgan fingerprint density at radius 3 is 2.44 bits per heavy atom. The summed E-state index contributed by atoms with van der Waals surface area (Å²) in [5.74, 6) is 5.54. The molecule has 0 radical (unpaired) electrons. The molecule has 128 valence electrons. The Balaban J connectivity index is 1.68. The fraction of sp³-hybridized carbons (Fsp3) is 0.286. The number of rotatable bonds is 3. The zero-order chi connectivity index (χ0) is 17.5. The number of carbonyl (C=O) groups excluding carboxylic acids is 1. The number of carbonyl (C=O) groups is 1. The first-order valence-corrected chi connectivity index (χ1v) is 8.37. The van der Waals surface area contributed by atoms with Crippen molar-refractivity contribution in [2.45, 2.75) is 18.3 Å². The van der Waals surface area contributed by atoms with Crippen LogP contribution in [0.15, 0.2) is 54.6 Å². The third-order valence-electron chi connectivity index (χ3n) is 4.52. The molecule has 0 saturated carbocycles. The average molecular weight is 337 g/mol. The van der Waals surface area contributed by atoms with Gasteiger partial charge in [0.1, 0.15) is 5.82 Å². The van der Waals surface area contributed by atoms with Crippen LogP contribution >= 0.6 is 0 Å². The highest BCUT2D eigenvalue weighted by molar-refractivity contribution is 5.88. The minimum absolute atomic E-state index is 0.0181. The fourth-order valence-electron chi connectivity index (χ4n) is 3.10. The predicted molar refractivity (Wildman–Crippen MR) is 94.5 cm³/mol. The number of ether oxygens (including phenoxy) is 1. The molecule has 2 aromatic carbocycles. The van der Waals surface area contributed by atoms with Crippen molar-refractivity contribution in [2.24, 2.45) is 0 Å². The Morgan fingerprint density at radius 1 is 1.08 bits per heavy atom. The van der Waals surface area contributed by atoms with Gasteiger partial charge in [-0.25, -0.2) is 4.39 Å². The van der Waals surface area contributed by atoms with E-state index in [1.165, 1.54) is 12.1 Å². The first-order valence-electron chi connectivity index (χ1n) is 8.37. The van der Waals surface area contributed by atoms with Crippen molar-refractivity contribution >= 4 is 5.91 Å². The lowest BCUT2D eigenvalue weighted by Gasteiger charge is -2.36. The molecule has 2 aromatic rings.